The molecule has 2 heterocycles. The Kier molecular flexibility index (Phi) is 4.79. The molecule has 2 aliphatic rings. The first kappa shape index (κ1) is 16.9. The van der Waals surface area contributed by atoms with Crippen LogP contribution in [0.1, 0.15) is 29.6 Å². The number of amides is 1. The fourth-order valence-corrected chi connectivity index (χ4v) is 3.89. The zero-order valence-electron chi connectivity index (χ0n) is 14.7. The van der Waals surface area contributed by atoms with Gasteiger partial charge in [-0.25, -0.2) is 4.98 Å². The van der Waals surface area contributed by atoms with Crippen molar-refractivity contribution in [2.75, 3.05) is 23.7 Å². The van der Waals surface area contributed by atoms with E-state index >= 15 is 0 Å². The first-order valence-electron chi connectivity index (χ1n) is 9.25. The number of carbonyl (C=O) groups excluding carboxylic acids is 1. The van der Waals surface area contributed by atoms with Gasteiger partial charge in [-0.05, 0) is 43.4 Å². The van der Waals surface area contributed by atoms with Gasteiger partial charge in [0, 0.05) is 37.6 Å². The number of nitrogens with one attached hydrogen (secondary N) is 3. The molecule has 1 fully saturated rings. The second kappa shape index (κ2) is 7.37. The molecule has 0 saturated heterocycles. The molecule has 1 unspecified atom stereocenters. The van der Waals surface area contributed by atoms with Crippen LogP contribution in [0.3, 0.4) is 0 Å². The number of nitrogens with zero attached hydrogens (tertiary/aromatic N) is 2. The predicted octanol–water partition coefficient (Wildman–Crippen LogP) is 1.68. The van der Waals surface area contributed by atoms with Crippen molar-refractivity contribution in [3.8, 4) is 0 Å². The van der Waals surface area contributed by atoms with Gasteiger partial charge >= 0.3 is 0 Å². The van der Waals surface area contributed by atoms with Gasteiger partial charge in [0.15, 0.2) is 0 Å². The van der Waals surface area contributed by atoms with E-state index in [1.165, 1.54) is 0 Å². The van der Waals surface area contributed by atoms with Crippen molar-refractivity contribution >= 4 is 17.3 Å². The first-order valence-corrected chi connectivity index (χ1v) is 9.25. The van der Waals surface area contributed by atoms with Crippen LogP contribution < -0.4 is 16.0 Å². The summed E-state index contributed by atoms with van der Waals surface area (Å²) in [7, 11) is 0. The number of imidazole rings is 1. The monoisotopic (exact) mass is 355 g/mol. The van der Waals surface area contributed by atoms with Gasteiger partial charge in [0.1, 0.15) is 0 Å². The summed E-state index contributed by atoms with van der Waals surface area (Å²) < 4.78 is 2.02. The van der Waals surface area contributed by atoms with Crippen molar-refractivity contribution in [1.82, 2.24) is 14.9 Å². The highest BCUT2D eigenvalue weighted by Crippen LogP contribution is 2.29. The molecule has 1 aliphatic heterocycles. The fraction of sp³-hybridized carbons (Fsp3) is 0.474. The van der Waals surface area contributed by atoms with Crippen molar-refractivity contribution in [1.29, 1.82) is 0 Å². The van der Waals surface area contributed by atoms with Gasteiger partial charge in [-0.3, -0.25) is 4.79 Å². The number of benzene rings is 1. The molecule has 4 rings (SSSR count). The lowest BCUT2D eigenvalue weighted by molar-refractivity contribution is 0.0873. The molecule has 0 bridgehead atoms. The smallest absolute Gasteiger partial charge is 0.251 e. The second-order valence-corrected chi connectivity index (χ2v) is 7.21. The number of rotatable bonds is 4. The average Bonchev–Trinajstić information content (AvgIpc) is 3.18. The highest BCUT2D eigenvalue weighted by molar-refractivity contribution is 5.96. The molecule has 7 nitrogen and oxygen atoms in total. The summed E-state index contributed by atoms with van der Waals surface area (Å²) in [6.07, 6.45) is 7.47. The minimum Gasteiger partial charge on any atom is -0.391 e. The Balaban J connectivity index is 1.39. The minimum atomic E-state index is -0.506. The summed E-state index contributed by atoms with van der Waals surface area (Å²) in [5.41, 5.74) is 2.60. The molecule has 0 radical (unpaired) electrons. The first-order chi connectivity index (χ1) is 12.7. The van der Waals surface area contributed by atoms with Gasteiger partial charge in [0.2, 0.25) is 0 Å². The number of hydrogen-bond donors (Lipinski definition) is 4. The zero-order chi connectivity index (χ0) is 17.9. The van der Waals surface area contributed by atoms with Crippen LogP contribution in [0.2, 0.25) is 0 Å². The lowest BCUT2D eigenvalue weighted by Gasteiger charge is -2.17. The van der Waals surface area contributed by atoms with E-state index in [0.717, 1.165) is 43.9 Å². The Morgan fingerprint density at radius 1 is 1.27 bits per heavy atom. The number of anilines is 2. The lowest BCUT2D eigenvalue weighted by Crippen LogP contribution is -2.39. The van der Waals surface area contributed by atoms with E-state index in [4.69, 9.17) is 0 Å². The summed E-state index contributed by atoms with van der Waals surface area (Å²) in [4.78, 5) is 16.7. The third kappa shape index (κ3) is 3.67. The summed E-state index contributed by atoms with van der Waals surface area (Å²) >= 11 is 0. The van der Waals surface area contributed by atoms with Crippen LogP contribution >= 0.6 is 0 Å². The predicted molar refractivity (Wildman–Crippen MR) is 100 cm³/mol. The van der Waals surface area contributed by atoms with Crippen molar-refractivity contribution in [2.24, 2.45) is 5.92 Å². The lowest BCUT2D eigenvalue weighted by atomic mass is 10.1. The molecule has 1 aromatic carbocycles. The Morgan fingerprint density at radius 2 is 2.12 bits per heavy atom. The highest BCUT2D eigenvalue weighted by Gasteiger charge is 2.34. The van der Waals surface area contributed by atoms with Crippen LogP contribution in [-0.2, 0) is 6.54 Å². The van der Waals surface area contributed by atoms with Gasteiger partial charge in [-0.15, -0.1) is 0 Å². The van der Waals surface area contributed by atoms with E-state index < -0.39 is 6.10 Å². The number of aromatic nitrogens is 2. The Labute approximate surface area is 152 Å². The van der Waals surface area contributed by atoms with Crippen molar-refractivity contribution < 1.29 is 9.90 Å². The maximum Gasteiger partial charge on any atom is 0.251 e. The number of hydrogen-bond acceptors (Lipinski definition) is 5. The third-order valence-electron chi connectivity index (χ3n) is 5.24. The fourth-order valence-electron chi connectivity index (χ4n) is 3.89. The average molecular weight is 355 g/mol. The Morgan fingerprint density at radius 3 is 2.92 bits per heavy atom. The molecule has 1 aliphatic carbocycles. The van der Waals surface area contributed by atoms with Crippen molar-refractivity contribution in [3.63, 3.8) is 0 Å². The molecule has 26 heavy (non-hydrogen) atoms. The van der Waals surface area contributed by atoms with Crippen LogP contribution in [0.25, 0.3) is 0 Å². The van der Waals surface area contributed by atoms with Crippen LogP contribution in [-0.4, -0.2) is 45.8 Å². The summed E-state index contributed by atoms with van der Waals surface area (Å²) in [6, 6.07) is 5.45. The van der Waals surface area contributed by atoms with Gasteiger partial charge in [-0.2, -0.15) is 0 Å². The molecule has 3 atom stereocenters. The standard InChI is InChI=1S/C19H25N5O2/c25-18-9-13(11-24-7-6-20-12-24)8-17(18)23-19(26)14-2-3-15-16(10-14)22-5-1-4-21-15/h2-3,6-7,10,12-13,17-18,21-22,25H,1,4-5,8-9,11H2,(H,23,26)/t13?,17-,18-/m1/s1. The third-order valence-corrected chi connectivity index (χ3v) is 5.24. The highest BCUT2D eigenvalue weighted by atomic mass is 16.3. The largest absolute Gasteiger partial charge is 0.391 e. The van der Waals surface area contributed by atoms with Crippen LogP contribution in [0.15, 0.2) is 36.9 Å². The molecule has 1 saturated carbocycles. The van der Waals surface area contributed by atoms with E-state index in [1.54, 1.807) is 12.5 Å². The van der Waals surface area contributed by atoms with Gasteiger partial charge < -0.3 is 25.6 Å². The van der Waals surface area contributed by atoms with Gasteiger partial charge in [0.25, 0.3) is 5.91 Å². The van der Waals surface area contributed by atoms with Crippen molar-refractivity contribution in [3.05, 3.63) is 42.5 Å². The number of aliphatic hydroxyl groups is 1. The molecule has 2 aromatic rings. The van der Waals surface area contributed by atoms with E-state index in [2.05, 4.69) is 20.9 Å². The summed E-state index contributed by atoms with van der Waals surface area (Å²) in [5.74, 6) is 0.202. The SMILES string of the molecule is O=C(N[C@@H]1CC(Cn2ccnc2)C[C@H]1O)c1ccc2c(c1)NCCCN2. The summed E-state index contributed by atoms with van der Waals surface area (Å²) in [5, 5.41) is 20.1. The van der Waals surface area contributed by atoms with Gasteiger partial charge in [0.05, 0.1) is 29.8 Å². The van der Waals surface area contributed by atoms with Crippen LogP contribution in [0, 0.1) is 5.92 Å². The maximum atomic E-state index is 12.7. The zero-order valence-corrected chi connectivity index (χ0v) is 14.7. The van der Waals surface area contributed by atoms with Crippen LogP contribution in [0.5, 0.6) is 0 Å². The number of aliphatic hydroxyl groups excluding tert-OH is 1. The quantitative estimate of drug-likeness (QED) is 0.670. The van der Waals surface area contributed by atoms with E-state index in [-0.39, 0.29) is 11.9 Å². The van der Waals surface area contributed by atoms with E-state index in [9.17, 15) is 9.90 Å². The Bertz CT molecular complexity index is 761. The minimum absolute atomic E-state index is 0.133. The van der Waals surface area contributed by atoms with Crippen LogP contribution in [0.4, 0.5) is 11.4 Å². The molecule has 4 N–H and O–H groups in total. The second-order valence-electron chi connectivity index (χ2n) is 7.21. The summed E-state index contributed by atoms with van der Waals surface area (Å²) in [6.45, 7) is 2.64. The number of carbonyl (C=O) groups is 1. The molecular weight excluding hydrogens is 330 g/mol. The van der Waals surface area contributed by atoms with E-state index in [1.807, 2.05) is 29.0 Å². The van der Waals surface area contributed by atoms with Crippen molar-refractivity contribution in [2.45, 2.75) is 38.0 Å². The topological polar surface area (TPSA) is 91.2 Å². The molecular formula is C19H25N5O2. The molecule has 138 valence electrons. The van der Waals surface area contributed by atoms with Gasteiger partial charge in [-0.1, -0.05) is 0 Å². The molecule has 1 aromatic heterocycles. The molecule has 1 amide bonds. The maximum absolute atomic E-state index is 12.7. The molecule has 7 heteroatoms. The Hall–Kier alpha value is -2.54. The normalized spacial score (nSPS) is 24.9. The number of fused-ring (bicyclic) bond motifs is 1. The molecule has 0 spiro atoms. The van der Waals surface area contributed by atoms with E-state index in [0.29, 0.717) is 17.9 Å².